The zero-order valence-electron chi connectivity index (χ0n) is 15.1. The molecule has 1 fully saturated rings. The maximum Gasteiger partial charge on any atom is 0.293 e. The fourth-order valence-electron chi connectivity index (χ4n) is 3.35. The molecule has 2 aliphatic heterocycles. The van der Waals surface area contributed by atoms with E-state index in [2.05, 4.69) is 15.2 Å². The van der Waals surface area contributed by atoms with Gasteiger partial charge in [0.25, 0.3) is 15.9 Å². The number of fused-ring (bicyclic) bond motifs is 1. The first-order valence-electron chi connectivity index (χ1n) is 9.02. The Morgan fingerprint density at radius 3 is 2.78 bits per heavy atom. The normalized spacial score (nSPS) is 19.0. The van der Waals surface area contributed by atoms with Gasteiger partial charge >= 0.3 is 0 Å². The highest BCUT2D eigenvalue weighted by molar-refractivity contribution is 7.89. The van der Waals surface area contributed by atoms with Gasteiger partial charge in [-0.25, -0.2) is 13.4 Å². The van der Waals surface area contributed by atoms with Crippen molar-refractivity contribution in [3.8, 4) is 0 Å². The van der Waals surface area contributed by atoms with Gasteiger partial charge in [0, 0.05) is 37.5 Å². The number of likely N-dealkylation sites (N-methyl/N-ethyl adjacent to an activating group) is 1. The Morgan fingerprint density at radius 1 is 1.22 bits per heavy atom. The maximum absolute atomic E-state index is 12.6. The minimum Gasteiger partial charge on any atom is -0.438 e. The second-order valence-corrected chi connectivity index (χ2v) is 9.87. The van der Waals surface area contributed by atoms with Crippen LogP contribution in [0.25, 0.3) is 0 Å². The Labute approximate surface area is 162 Å². The number of thiazole rings is 1. The van der Waals surface area contributed by atoms with E-state index in [9.17, 15) is 13.2 Å². The minimum atomic E-state index is -3.69. The topological polar surface area (TPSA) is 95.8 Å². The zero-order valence-corrected chi connectivity index (χ0v) is 16.7. The van der Waals surface area contributed by atoms with E-state index in [1.807, 2.05) is 7.05 Å². The van der Waals surface area contributed by atoms with E-state index in [0.717, 1.165) is 49.3 Å². The number of hydrogen-bond acceptors (Lipinski definition) is 7. The van der Waals surface area contributed by atoms with Crippen molar-refractivity contribution < 1.29 is 17.6 Å². The summed E-state index contributed by atoms with van der Waals surface area (Å²) in [5.74, 6) is -0.523. The van der Waals surface area contributed by atoms with Gasteiger partial charge in [0.15, 0.2) is 10.9 Å². The summed E-state index contributed by atoms with van der Waals surface area (Å²) in [5, 5.41) is 3.05. The molecule has 0 aromatic carbocycles. The standard InChI is InChI=1S/C17H22N4O4S2/c1-20-10-7-12-14(11-20)26-17(18-12)19-16(22)13-5-6-15(25-13)27(23,24)21-8-3-2-4-9-21/h5-6H,2-4,7-11H2,1H3,(H,18,19,22). The van der Waals surface area contributed by atoms with E-state index in [4.69, 9.17) is 4.42 Å². The molecule has 4 heterocycles. The Kier molecular flexibility index (Phi) is 5.06. The van der Waals surface area contributed by atoms with Crippen molar-refractivity contribution in [1.29, 1.82) is 0 Å². The average Bonchev–Trinajstić information content (AvgIpc) is 3.29. The molecule has 2 aromatic heterocycles. The van der Waals surface area contributed by atoms with E-state index in [1.54, 1.807) is 0 Å². The number of sulfonamides is 1. The molecule has 4 rings (SSSR count). The van der Waals surface area contributed by atoms with Crippen LogP contribution in [0.3, 0.4) is 0 Å². The maximum atomic E-state index is 12.6. The van der Waals surface area contributed by atoms with E-state index in [1.165, 1.54) is 27.8 Å². The van der Waals surface area contributed by atoms with Crippen LogP contribution in [-0.4, -0.2) is 55.2 Å². The first-order valence-corrected chi connectivity index (χ1v) is 11.3. The van der Waals surface area contributed by atoms with E-state index in [-0.39, 0.29) is 10.9 Å². The summed E-state index contributed by atoms with van der Waals surface area (Å²) in [6, 6.07) is 2.74. The molecule has 146 valence electrons. The first-order chi connectivity index (χ1) is 12.9. The van der Waals surface area contributed by atoms with Crippen LogP contribution in [0, 0.1) is 0 Å². The lowest BCUT2D eigenvalue weighted by molar-refractivity contribution is 0.0991. The van der Waals surface area contributed by atoms with E-state index >= 15 is 0 Å². The molecular weight excluding hydrogens is 388 g/mol. The van der Waals surface area contributed by atoms with Crippen molar-refractivity contribution in [3.05, 3.63) is 28.5 Å². The molecule has 0 atom stereocenters. The zero-order chi connectivity index (χ0) is 19.0. The molecule has 0 bridgehead atoms. The number of furan rings is 1. The number of piperidine rings is 1. The monoisotopic (exact) mass is 410 g/mol. The van der Waals surface area contributed by atoms with Gasteiger partial charge in [-0.3, -0.25) is 10.1 Å². The van der Waals surface area contributed by atoms with Crippen LogP contribution in [-0.2, 0) is 23.0 Å². The molecule has 2 aromatic rings. The lowest BCUT2D eigenvalue weighted by atomic mass is 10.2. The third-order valence-electron chi connectivity index (χ3n) is 4.86. The van der Waals surface area contributed by atoms with Crippen molar-refractivity contribution in [2.75, 3.05) is 32.0 Å². The summed E-state index contributed by atoms with van der Waals surface area (Å²) in [6.45, 7) is 2.75. The van der Waals surface area contributed by atoms with Gasteiger partial charge in [-0.05, 0) is 32.0 Å². The Balaban J connectivity index is 1.47. The lowest BCUT2D eigenvalue weighted by Gasteiger charge is -2.24. The van der Waals surface area contributed by atoms with Crippen LogP contribution in [0.1, 0.15) is 40.4 Å². The summed E-state index contributed by atoms with van der Waals surface area (Å²) in [4.78, 5) is 20.3. The summed E-state index contributed by atoms with van der Waals surface area (Å²) >= 11 is 1.44. The molecule has 2 aliphatic rings. The van der Waals surface area contributed by atoms with Gasteiger partial charge in [0.1, 0.15) is 0 Å². The number of amides is 1. The number of carbonyl (C=O) groups is 1. The number of carbonyl (C=O) groups excluding carboxylic acids is 1. The van der Waals surface area contributed by atoms with Crippen LogP contribution in [0.4, 0.5) is 5.13 Å². The molecule has 0 unspecified atom stereocenters. The SMILES string of the molecule is CN1CCc2nc(NC(=O)c3ccc(S(=O)(=O)N4CCCCC4)o3)sc2C1. The molecule has 0 aliphatic carbocycles. The average molecular weight is 411 g/mol. The van der Waals surface area contributed by atoms with Gasteiger partial charge in [0.2, 0.25) is 5.09 Å². The highest BCUT2D eigenvalue weighted by Gasteiger charge is 2.30. The lowest BCUT2D eigenvalue weighted by Crippen LogP contribution is -2.35. The third kappa shape index (κ3) is 3.79. The molecule has 27 heavy (non-hydrogen) atoms. The van der Waals surface area contributed by atoms with Crippen molar-refractivity contribution in [1.82, 2.24) is 14.2 Å². The number of rotatable bonds is 4. The van der Waals surface area contributed by atoms with Gasteiger partial charge in [-0.2, -0.15) is 4.31 Å². The Hall–Kier alpha value is -1.75. The summed E-state index contributed by atoms with van der Waals surface area (Å²) in [5.41, 5.74) is 1.02. The van der Waals surface area contributed by atoms with Gasteiger partial charge in [-0.1, -0.05) is 6.42 Å². The minimum absolute atomic E-state index is 0.0316. The van der Waals surface area contributed by atoms with Crippen molar-refractivity contribution in [2.45, 2.75) is 37.3 Å². The van der Waals surface area contributed by atoms with Crippen LogP contribution >= 0.6 is 11.3 Å². The number of anilines is 1. The Morgan fingerprint density at radius 2 is 2.00 bits per heavy atom. The second-order valence-electron chi connectivity index (χ2n) is 6.91. The van der Waals surface area contributed by atoms with Crippen molar-refractivity contribution in [3.63, 3.8) is 0 Å². The van der Waals surface area contributed by atoms with Crippen LogP contribution in [0.2, 0.25) is 0 Å². The first kappa shape index (κ1) is 18.6. The number of nitrogens with zero attached hydrogens (tertiary/aromatic N) is 3. The number of nitrogens with one attached hydrogen (secondary N) is 1. The quantitative estimate of drug-likeness (QED) is 0.830. The highest BCUT2D eigenvalue weighted by atomic mass is 32.2. The molecule has 1 saturated heterocycles. The van der Waals surface area contributed by atoms with Crippen LogP contribution in [0.15, 0.2) is 21.6 Å². The molecule has 0 spiro atoms. The molecular formula is C17H22N4O4S2. The fraction of sp³-hybridized carbons (Fsp3) is 0.529. The molecule has 0 saturated carbocycles. The third-order valence-corrected chi connectivity index (χ3v) is 7.63. The summed E-state index contributed by atoms with van der Waals surface area (Å²) < 4.78 is 32.1. The van der Waals surface area contributed by atoms with Gasteiger partial charge in [-0.15, -0.1) is 11.3 Å². The fourth-order valence-corrected chi connectivity index (χ4v) is 5.86. The highest BCUT2D eigenvalue weighted by Crippen LogP contribution is 2.28. The van der Waals surface area contributed by atoms with Crippen LogP contribution in [0.5, 0.6) is 0 Å². The number of aromatic nitrogens is 1. The van der Waals surface area contributed by atoms with Crippen molar-refractivity contribution in [2.24, 2.45) is 0 Å². The molecule has 1 amide bonds. The van der Waals surface area contributed by atoms with E-state index in [0.29, 0.717) is 18.2 Å². The molecule has 10 heteroatoms. The largest absolute Gasteiger partial charge is 0.438 e. The molecule has 0 radical (unpaired) electrons. The predicted molar refractivity (Wildman–Crippen MR) is 101 cm³/mol. The summed E-state index contributed by atoms with van der Waals surface area (Å²) in [7, 11) is -1.64. The smallest absolute Gasteiger partial charge is 0.293 e. The molecule has 8 nitrogen and oxygen atoms in total. The van der Waals surface area contributed by atoms with Gasteiger partial charge in [0.05, 0.1) is 5.69 Å². The van der Waals surface area contributed by atoms with Crippen LogP contribution < -0.4 is 5.32 Å². The molecule has 1 N–H and O–H groups in total. The second kappa shape index (κ2) is 7.34. The predicted octanol–water partition coefficient (Wildman–Crippen LogP) is 2.15. The van der Waals surface area contributed by atoms with Crippen molar-refractivity contribution >= 4 is 32.4 Å². The summed E-state index contributed by atoms with van der Waals surface area (Å²) in [6.07, 6.45) is 3.58. The number of hydrogen-bond donors (Lipinski definition) is 1. The Bertz CT molecular complexity index is 944. The van der Waals surface area contributed by atoms with Gasteiger partial charge < -0.3 is 9.32 Å². The van der Waals surface area contributed by atoms with E-state index < -0.39 is 15.9 Å².